The van der Waals surface area contributed by atoms with Crippen LogP contribution < -0.4 is 10.6 Å². The first kappa shape index (κ1) is 28.2. The van der Waals surface area contributed by atoms with Crippen LogP contribution in [-0.2, 0) is 14.3 Å². The smallest absolute Gasteiger partial charge is 0.408 e. The summed E-state index contributed by atoms with van der Waals surface area (Å²) in [6.07, 6.45) is 3.50. The van der Waals surface area contributed by atoms with Crippen LogP contribution in [0.15, 0.2) is 30.8 Å². The van der Waals surface area contributed by atoms with Gasteiger partial charge in [0.05, 0.1) is 0 Å². The third-order valence-electron chi connectivity index (χ3n) is 5.43. The van der Waals surface area contributed by atoms with Gasteiger partial charge in [-0.1, -0.05) is 64.5 Å². The second kappa shape index (κ2) is 13.0. The Morgan fingerprint density at radius 2 is 1.88 bits per heavy atom. The van der Waals surface area contributed by atoms with Crippen molar-refractivity contribution in [1.82, 2.24) is 15.5 Å². The molecule has 1 rings (SSSR count). The van der Waals surface area contributed by atoms with Crippen LogP contribution in [0.1, 0.15) is 78.0 Å². The van der Waals surface area contributed by atoms with Crippen LogP contribution >= 0.6 is 0 Å². The third kappa shape index (κ3) is 8.91. The van der Waals surface area contributed by atoms with Crippen molar-refractivity contribution in [3.8, 4) is 0 Å². The van der Waals surface area contributed by atoms with Gasteiger partial charge < -0.3 is 20.3 Å². The Labute approximate surface area is 198 Å². The molecule has 3 amide bonds. The van der Waals surface area contributed by atoms with Gasteiger partial charge >= 0.3 is 6.09 Å². The van der Waals surface area contributed by atoms with Crippen LogP contribution in [0.2, 0.25) is 0 Å². The standard InChI is InChI=1S/C26H41N3O4/c1-9-12-16-27-23(30)22(20-15-13-14-19(11-3)17-20)29(8)24(31)21(18(4)10-2)28-25(32)33-26(5,6)7/h11,13-15,17-18,21-22H,3,9-10,12,16H2,1-2,4-8H3,(H,27,30)(H,28,32). The van der Waals surface area contributed by atoms with E-state index in [0.717, 1.165) is 18.4 Å². The number of alkyl carbamates (subject to hydrolysis) is 1. The Kier molecular flexibility index (Phi) is 11.1. The minimum atomic E-state index is -0.846. The molecule has 184 valence electrons. The molecular formula is C26H41N3O4. The van der Waals surface area contributed by atoms with E-state index in [1.165, 1.54) is 4.90 Å². The van der Waals surface area contributed by atoms with E-state index < -0.39 is 23.8 Å². The minimum Gasteiger partial charge on any atom is -0.444 e. The average molecular weight is 460 g/mol. The molecule has 0 aromatic heterocycles. The molecule has 1 aromatic carbocycles. The largest absolute Gasteiger partial charge is 0.444 e. The zero-order valence-corrected chi connectivity index (χ0v) is 21.2. The summed E-state index contributed by atoms with van der Waals surface area (Å²) in [4.78, 5) is 40.7. The summed E-state index contributed by atoms with van der Waals surface area (Å²) in [5.74, 6) is -0.772. The molecule has 3 atom stereocenters. The molecule has 0 spiro atoms. The number of unbranched alkanes of at least 4 members (excludes halogenated alkanes) is 1. The molecule has 0 heterocycles. The number of hydrogen-bond donors (Lipinski definition) is 2. The molecule has 3 unspecified atom stereocenters. The van der Waals surface area contributed by atoms with Crippen LogP contribution in [-0.4, -0.2) is 48.0 Å². The fourth-order valence-corrected chi connectivity index (χ4v) is 3.36. The quantitative estimate of drug-likeness (QED) is 0.470. The average Bonchev–Trinajstić information content (AvgIpc) is 2.75. The Balaban J connectivity index is 3.28. The van der Waals surface area contributed by atoms with Crippen LogP contribution in [0.3, 0.4) is 0 Å². The topological polar surface area (TPSA) is 87.7 Å². The molecule has 7 nitrogen and oxygen atoms in total. The van der Waals surface area contributed by atoms with Gasteiger partial charge in [0.1, 0.15) is 17.7 Å². The first-order chi connectivity index (χ1) is 15.4. The molecule has 0 bridgehead atoms. The highest BCUT2D eigenvalue weighted by Gasteiger charge is 2.36. The van der Waals surface area contributed by atoms with Crippen molar-refractivity contribution in [3.63, 3.8) is 0 Å². The van der Waals surface area contributed by atoms with E-state index in [9.17, 15) is 14.4 Å². The maximum absolute atomic E-state index is 13.6. The van der Waals surface area contributed by atoms with Gasteiger partial charge in [-0.2, -0.15) is 0 Å². The van der Waals surface area contributed by atoms with Crippen LogP contribution in [0, 0.1) is 5.92 Å². The third-order valence-corrected chi connectivity index (χ3v) is 5.43. The lowest BCUT2D eigenvalue weighted by molar-refractivity contribution is -0.141. The molecule has 33 heavy (non-hydrogen) atoms. The number of ether oxygens (including phenoxy) is 1. The van der Waals surface area contributed by atoms with Gasteiger partial charge in [-0.15, -0.1) is 0 Å². The molecule has 0 aliphatic heterocycles. The van der Waals surface area contributed by atoms with Crippen molar-refractivity contribution in [2.45, 2.75) is 78.5 Å². The van der Waals surface area contributed by atoms with Gasteiger partial charge in [0.25, 0.3) is 0 Å². The van der Waals surface area contributed by atoms with E-state index in [4.69, 9.17) is 4.74 Å². The van der Waals surface area contributed by atoms with E-state index in [1.807, 2.05) is 45.0 Å². The van der Waals surface area contributed by atoms with E-state index in [0.29, 0.717) is 18.5 Å². The molecule has 0 radical (unpaired) electrons. The van der Waals surface area contributed by atoms with Gasteiger partial charge in [0.15, 0.2) is 0 Å². The highest BCUT2D eigenvalue weighted by Crippen LogP contribution is 2.24. The Morgan fingerprint density at radius 1 is 1.21 bits per heavy atom. The summed E-state index contributed by atoms with van der Waals surface area (Å²) in [7, 11) is 1.60. The van der Waals surface area contributed by atoms with Crippen LogP contribution in [0.25, 0.3) is 6.08 Å². The molecule has 0 aliphatic rings. The predicted octanol–water partition coefficient (Wildman–Crippen LogP) is 4.68. The van der Waals surface area contributed by atoms with Gasteiger partial charge in [0.2, 0.25) is 11.8 Å². The fourth-order valence-electron chi connectivity index (χ4n) is 3.36. The number of nitrogens with zero attached hydrogens (tertiary/aromatic N) is 1. The van der Waals surface area contributed by atoms with Crippen molar-refractivity contribution in [2.24, 2.45) is 5.92 Å². The van der Waals surface area contributed by atoms with Crippen molar-refractivity contribution >= 4 is 24.0 Å². The van der Waals surface area contributed by atoms with Crippen molar-refractivity contribution in [1.29, 1.82) is 0 Å². The summed E-state index contributed by atoms with van der Waals surface area (Å²) in [6, 6.07) is 5.71. The summed E-state index contributed by atoms with van der Waals surface area (Å²) in [6.45, 7) is 15.5. The van der Waals surface area contributed by atoms with E-state index in [2.05, 4.69) is 17.2 Å². The second-order valence-corrected chi connectivity index (χ2v) is 9.38. The molecule has 7 heteroatoms. The Morgan fingerprint density at radius 3 is 2.42 bits per heavy atom. The van der Waals surface area contributed by atoms with Crippen LogP contribution in [0.4, 0.5) is 4.79 Å². The molecule has 0 saturated heterocycles. The molecule has 0 fully saturated rings. The molecule has 1 aromatic rings. The number of benzene rings is 1. The van der Waals surface area contributed by atoms with E-state index in [1.54, 1.807) is 33.9 Å². The van der Waals surface area contributed by atoms with Gasteiger partial charge in [-0.05, 0) is 50.3 Å². The van der Waals surface area contributed by atoms with Crippen molar-refractivity contribution in [3.05, 3.63) is 42.0 Å². The molecular weight excluding hydrogens is 418 g/mol. The summed E-state index contributed by atoms with van der Waals surface area (Å²) >= 11 is 0. The number of rotatable bonds is 11. The summed E-state index contributed by atoms with van der Waals surface area (Å²) in [5, 5.41) is 5.66. The summed E-state index contributed by atoms with van der Waals surface area (Å²) < 4.78 is 5.37. The minimum absolute atomic E-state index is 0.157. The summed E-state index contributed by atoms with van der Waals surface area (Å²) in [5.41, 5.74) is 0.841. The van der Waals surface area contributed by atoms with Gasteiger partial charge in [-0.3, -0.25) is 9.59 Å². The highest BCUT2D eigenvalue weighted by atomic mass is 16.6. The first-order valence-electron chi connectivity index (χ1n) is 11.7. The monoisotopic (exact) mass is 459 g/mol. The van der Waals surface area contributed by atoms with Gasteiger partial charge in [0, 0.05) is 13.6 Å². The predicted molar refractivity (Wildman–Crippen MR) is 133 cm³/mol. The first-order valence-corrected chi connectivity index (χ1v) is 11.7. The normalized spacial score (nSPS) is 13.9. The van der Waals surface area contributed by atoms with E-state index in [-0.39, 0.29) is 17.7 Å². The lowest BCUT2D eigenvalue weighted by atomic mass is 9.95. The Bertz CT molecular complexity index is 816. The maximum atomic E-state index is 13.6. The molecule has 2 N–H and O–H groups in total. The number of carbonyl (C=O) groups excluding carboxylic acids is 3. The zero-order chi connectivity index (χ0) is 25.2. The van der Waals surface area contributed by atoms with Gasteiger partial charge in [-0.25, -0.2) is 4.79 Å². The SMILES string of the molecule is C=Cc1cccc(C(C(=O)NCCCC)N(C)C(=O)C(NC(=O)OC(C)(C)C)C(C)CC)c1. The Hall–Kier alpha value is -2.83. The van der Waals surface area contributed by atoms with Crippen molar-refractivity contribution in [2.75, 3.05) is 13.6 Å². The highest BCUT2D eigenvalue weighted by molar-refractivity contribution is 5.92. The fraction of sp³-hybridized carbons (Fsp3) is 0.577. The van der Waals surface area contributed by atoms with Crippen molar-refractivity contribution < 1.29 is 19.1 Å². The van der Waals surface area contributed by atoms with E-state index >= 15 is 0 Å². The number of amides is 3. The number of hydrogen-bond acceptors (Lipinski definition) is 4. The zero-order valence-electron chi connectivity index (χ0n) is 21.2. The number of nitrogens with one attached hydrogen (secondary N) is 2. The lowest BCUT2D eigenvalue weighted by Gasteiger charge is -2.33. The number of carbonyl (C=O) groups is 3. The van der Waals surface area contributed by atoms with Crippen LogP contribution in [0.5, 0.6) is 0 Å². The maximum Gasteiger partial charge on any atom is 0.408 e. The number of likely N-dealkylation sites (N-methyl/N-ethyl adjacent to an activating group) is 1. The second-order valence-electron chi connectivity index (χ2n) is 9.38. The molecule has 0 aliphatic carbocycles. The molecule has 0 saturated carbocycles. The lowest BCUT2D eigenvalue weighted by Crippen LogP contribution is -2.54.